The number of fused-ring (bicyclic) bond motifs is 1. The van der Waals surface area contributed by atoms with Gasteiger partial charge in [-0.15, -0.1) is 0 Å². The third kappa shape index (κ3) is 4.48. The Morgan fingerprint density at radius 2 is 1.94 bits per heavy atom. The molecule has 2 aromatic heterocycles. The minimum absolute atomic E-state index is 0.0378. The number of benzene rings is 1. The SMILES string of the molecule is N#Cc1ccc(CC(=O)C(CC2CCOCC2)n2ncc3c(S(=O)(=O)C4CC4)cccc32)nc1. The summed E-state index contributed by atoms with van der Waals surface area (Å²) in [7, 11) is -3.40. The average molecular weight is 479 g/mol. The van der Waals surface area contributed by atoms with Crippen LogP contribution in [0.3, 0.4) is 0 Å². The van der Waals surface area contributed by atoms with Crippen molar-refractivity contribution in [3.05, 3.63) is 54.0 Å². The van der Waals surface area contributed by atoms with E-state index in [4.69, 9.17) is 10.00 Å². The normalized spacial score (nSPS) is 18.0. The Labute approximate surface area is 198 Å². The van der Waals surface area contributed by atoms with Gasteiger partial charge < -0.3 is 4.74 Å². The Balaban J connectivity index is 1.50. The molecule has 0 bridgehead atoms. The fourth-order valence-electron chi connectivity index (χ4n) is 4.66. The molecule has 1 aromatic carbocycles. The van der Waals surface area contributed by atoms with E-state index in [9.17, 15) is 13.2 Å². The van der Waals surface area contributed by atoms with Crippen molar-refractivity contribution in [1.29, 1.82) is 5.26 Å². The molecule has 1 aliphatic heterocycles. The van der Waals surface area contributed by atoms with Gasteiger partial charge in [-0.05, 0) is 62.3 Å². The van der Waals surface area contributed by atoms with Crippen molar-refractivity contribution in [2.45, 2.75) is 54.7 Å². The second-order valence-corrected chi connectivity index (χ2v) is 11.3. The number of pyridine rings is 1. The zero-order valence-corrected chi connectivity index (χ0v) is 19.6. The van der Waals surface area contributed by atoms with Crippen LogP contribution < -0.4 is 0 Å². The van der Waals surface area contributed by atoms with Gasteiger partial charge in [0.15, 0.2) is 15.6 Å². The van der Waals surface area contributed by atoms with Crippen molar-refractivity contribution in [1.82, 2.24) is 14.8 Å². The van der Waals surface area contributed by atoms with Crippen molar-refractivity contribution >= 4 is 26.5 Å². The zero-order valence-electron chi connectivity index (χ0n) is 18.8. The number of nitriles is 1. The van der Waals surface area contributed by atoms with Crippen LogP contribution in [0.15, 0.2) is 47.6 Å². The van der Waals surface area contributed by atoms with Crippen LogP contribution in [0.1, 0.15) is 49.4 Å². The standard InChI is InChI=1S/C25H26N4O4S/c26-14-18-4-5-19(27-15-18)13-24(30)23(12-17-8-10-33-11-9-17)29-22-2-1-3-25(21(22)16-28-29)34(31,32)20-6-7-20/h1-5,15-17,20,23H,6-13H2. The predicted octanol–water partition coefficient (Wildman–Crippen LogP) is 3.41. The van der Waals surface area contributed by atoms with E-state index < -0.39 is 15.9 Å². The van der Waals surface area contributed by atoms with Crippen LogP contribution >= 0.6 is 0 Å². The number of aromatic nitrogens is 3. The van der Waals surface area contributed by atoms with Gasteiger partial charge in [0.25, 0.3) is 0 Å². The molecular weight excluding hydrogens is 452 g/mol. The number of sulfone groups is 1. The van der Waals surface area contributed by atoms with Crippen molar-refractivity contribution in [3.63, 3.8) is 0 Å². The lowest BCUT2D eigenvalue weighted by Crippen LogP contribution is -2.27. The minimum Gasteiger partial charge on any atom is -0.381 e. The van der Waals surface area contributed by atoms with Gasteiger partial charge >= 0.3 is 0 Å². The first-order valence-electron chi connectivity index (χ1n) is 11.6. The average Bonchev–Trinajstić information content (AvgIpc) is 3.64. The summed E-state index contributed by atoms with van der Waals surface area (Å²) < 4.78 is 33.2. The fraction of sp³-hybridized carbons (Fsp3) is 0.440. The molecule has 0 N–H and O–H groups in total. The van der Waals surface area contributed by atoms with Crippen LogP contribution in [-0.4, -0.2) is 47.4 Å². The maximum absolute atomic E-state index is 13.6. The monoisotopic (exact) mass is 478 g/mol. The molecule has 0 amide bonds. The van der Waals surface area contributed by atoms with E-state index in [0.717, 1.165) is 12.8 Å². The molecule has 0 radical (unpaired) electrons. The number of rotatable bonds is 8. The topological polar surface area (TPSA) is 115 Å². The van der Waals surface area contributed by atoms with E-state index in [-0.39, 0.29) is 17.5 Å². The highest BCUT2D eigenvalue weighted by Gasteiger charge is 2.38. The third-order valence-corrected chi connectivity index (χ3v) is 9.06. The number of hydrogen-bond donors (Lipinski definition) is 0. The lowest BCUT2D eigenvalue weighted by atomic mass is 9.89. The van der Waals surface area contributed by atoms with Crippen molar-refractivity contribution in [2.75, 3.05) is 13.2 Å². The quantitative estimate of drug-likeness (QED) is 0.487. The van der Waals surface area contributed by atoms with E-state index in [1.54, 1.807) is 35.1 Å². The molecule has 5 rings (SSSR count). The largest absolute Gasteiger partial charge is 0.381 e. The van der Waals surface area contributed by atoms with Gasteiger partial charge in [-0.1, -0.05) is 6.07 Å². The van der Waals surface area contributed by atoms with Gasteiger partial charge in [0.2, 0.25) is 0 Å². The molecule has 3 heterocycles. The first-order valence-corrected chi connectivity index (χ1v) is 13.2. The molecule has 9 heteroatoms. The number of carbonyl (C=O) groups is 1. The summed E-state index contributed by atoms with van der Waals surface area (Å²) in [6, 6.07) is 10.0. The maximum atomic E-state index is 13.6. The summed E-state index contributed by atoms with van der Waals surface area (Å²) in [5, 5.41) is 13.8. The molecule has 1 saturated heterocycles. The molecule has 2 aliphatic rings. The number of ketones is 1. The Bertz CT molecular complexity index is 1350. The van der Waals surface area contributed by atoms with Crippen LogP contribution in [-0.2, 0) is 25.8 Å². The molecule has 8 nitrogen and oxygen atoms in total. The molecule has 34 heavy (non-hydrogen) atoms. The molecule has 2 fully saturated rings. The van der Waals surface area contributed by atoms with E-state index in [1.165, 1.54) is 6.20 Å². The van der Waals surface area contributed by atoms with Gasteiger partial charge in [-0.2, -0.15) is 10.4 Å². The van der Waals surface area contributed by atoms with E-state index >= 15 is 0 Å². The van der Waals surface area contributed by atoms with Crippen LogP contribution in [0.5, 0.6) is 0 Å². The highest BCUT2D eigenvalue weighted by molar-refractivity contribution is 7.92. The van der Waals surface area contributed by atoms with Gasteiger partial charge in [-0.3, -0.25) is 14.5 Å². The van der Waals surface area contributed by atoms with E-state index in [1.807, 2.05) is 12.1 Å². The summed E-state index contributed by atoms with van der Waals surface area (Å²) in [4.78, 5) is 18.1. The molecule has 1 saturated carbocycles. The Kier molecular flexibility index (Phi) is 6.19. The van der Waals surface area contributed by atoms with Crippen molar-refractivity contribution in [3.8, 4) is 6.07 Å². The summed E-state index contributed by atoms with van der Waals surface area (Å²) in [6.45, 7) is 1.35. The summed E-state index contributed by atoms with van der Waals surface area (Å²) in [6.07, 6.45) is 6.89. The third-order valence-electron chi connectivity index (χ3n) is 6.74. The number of carbonyl (C=O) groups excluding carboxylic acids is 1. The maximum Gasteiger partial charge on any atom is 0.181 e. The first kappa shape index (κ1) is 22.7. The molecule has 1 atom stereocenters. The van der Waals surface area contributed by atoms with Crippen LogP contribution in [0.4, 0.5) is 0 Å². The number of hydrogen-bond acceptors (Lipinski definition) is 7. The second kappa shape index (κ2) is 9.28. The smallest absolute Gasteiger partial charge is 0.181 e. The highest BCUT2D eigenvalue weighted by Crippen LogP contribution is 2.37. The lowest BCUT2D eigenvalue weighted by molar-refractivity contribution is -0.122. The van der Waals surface area contributed by atoms with Gasteiger partial charge in [-0.25, -0.2) is 8.42 Å². The molecule has 1 unspecified atom stereocenters. The lowest BCUT2D eigenvalue weighted by Gasteiger charge is -2.26. The number of nitrogens with zero attached hydrogens (tertiary/aromatic N) is 4. The van der Waals surface area contributed by atoms with Crippen LogP contribution in [0.25, 0.3) is 10.9 Å². The molecule has 0 spiro atoms. The van der Waals surface area contributed by atoms with E-state index in [0.29, 0.717) is 65.4 Å². The summed E-state index contributed by atoms with van der Waals surface area (Å²) in [5.41, 5.74) is 1.69. The first-order chi connectivity index (χ1) is 16.5. The van der Waals surface area contributed by atoms with Gasteiger partial charge in [0.05, 0.1) is 33.8 Å². The highest BCUT2D eigenvalue weighted by atomic mass is 32.2. The molecule has 3 aromatic rings. The van der Waals surface area contributed by atoms with Gasteiger partial charge in [0.1, 0.15) is 12.1 Å². The van der Waals surface area contributed by atoms with Crippen molar-refractivity contribution in [2.24, 2.45) is 5.92 Å². The van der Waals surface area contributed by atoms with Crippen LogP contribution in [0, 0.1) is 17.2 Å². The van der Waals surface area contributed by atoms with Crippen LogP contribution in [0.2, 0.25) is 0 Å². The van der Waals surface area contributed by atoms with Gasteiger partial charge in [0, 0.05) is 30.5 Å². The Hall–Kier alpha value is -3.09. The predicted molar refractivity (Wildman–Crippen MR) is 125 cm³/mol. The minimum atomic E-state index is -3.40. The molecular formula is C25H26N4O4S. The molecule has 1 aliphatic carbocycles. The number of ether oxygens (including phenoxy) is 1. The number of Topliss-reactive ketones (excluding diaryl/α,β-unsaturated/α-hetero) is 1. The Morgan fingerprint density at radius 3 is 2.62 bits per heavy atom. The van der Waals surface area contributed by atoms with Crippen molar-refractivity contribution < 1.29 is 17.9 Å². The zero-order chi connectivity index (χ0) is 23.7. The summed E-state index contributed by atoms with van der Waals surface area (Å²) >= 11 is 0. The summed E-state index contributed by atoms with van der Waals surface area (Å²) in [5.74, 6) is 0.276. The Morgan fingerprint density at radius 1 is 1.15 bits per heavy atom. The fourth-order valence-corrected chi connectivity index (χ4v) is 6.50. The molecule has 176 valence electrons. The second-order valence-electron chi connectivity index (χ2n) is 9.12. The van der Waals surface area contributed by atoms with E-state index in [2.05, 4.69) is 10.1 Å².